The molecule has 0 aliphatic heterocycles. The van der Waals surface area contributed by atoms with Crippen LogP contribution >= 0.6 is 22.9 Å². The van der Waals surface area contributed by atoms with Crippen LogP contribution in [0.25, 0.3) is 6.08 Å². The lowest BCUT2D eigenvalue weighted by molar-refractivity contribution is -0.111. The molecule has 1 aromatic carbocycles. The van der Waals surface area contributed by atoms with Gasteiger partial charge in [-0.3, -0.25) is 4.79 Å². The van der Waals surface area contributed by atoms with Gasteiger partial charge >= 0.3 is 0 Å². The molecule has 0 aliphatic rings. The number of carbonyl (C=O) groups excluding carboxylic acids is 1. The highest BCUT2D eigenvalue weighted by Gasteiger charge is 2.02. The van der Waals surface area contributed by atoms with Crippen LogP contribution in [0.3, 0.4) is 0 Å². The fraction of sp³-hybridized carbons (Fsp3) is 0. The van der Waals surface area contributed by atoms with Gasteiger partial charge in [-0.25, -0.2) is 4.39 Å². The maximum atomic E-state index is 12.9. The summed E-state index contributed by atoms with van der Waals surface area (Å²) >= 11 is 7.15. The summed E-state index contributed by atoms with van der Waals surface area (Å²) in [5, 5.41) is 4.51. The van der Waals surface area contributed by atoms with Crippen LogP contribution < -0.4 is 5.32 Å². The van der Waals surface area contributed by atoms with E-state index in [0.717, 1.165) is 4.88 Å². The number of rotatable bonds is 3. The van der Waals surface area contributed by atoms with Crippen LogP contribution in [0.15, 0.2) is 41.8 Å². The van der Waals surface area contributed by atoms with Gasteiger partial charge in [0.1, 0.15) is 5.82 Å². The van der Waals surface area contributed by atoms with E-state index in [1.807, 2.05) is 17.5 Å². The molecule has 0 atom stereocenters. The van der Waals surface area contributed by atoms with Gasteiger partial charge in [0.15, 0.2) is 0 Å². The molecule has 5 heteroatoms. The van der Waals surface area contributed by atoms with Gasteiger partial charge in [-0.05, 0) is 35.7 Å². The van der Waals surface area contributed by atoms with Crippen LogP contribution in [0.4, 0.5) is 10.1 Å². The smallest absolute Gasteiger partial charge is 0.248 e. The molecule has 1 heterocycles. The fourth-order valence-corrected chi connectivity index (χ4v) is 2.10. The Morgan fingerprint density at radius 1 is 1.39 bits per heavy atom. The molecule has 0 unspecified atom stereocenters. The molecule has 0 saturated heterocycles. The zero-order valence-electron chi connectivity index (χ0n) is 9.19. The number of hydrogen-bond donors (Lipinski definition) is 1. The predicted molar refractivity (Wildman–Crippen MR) is 73.4 cm³/mol. The Labute approximate surface area is 113 Å². The second kappa shape index (κ2) is 5.80. The number of halogens is 2. The highest BCUT2D eigenvalue weighted by molar-refractivity contribution is 7.10. The highest BCUT2D eigenvalue weighted by atomic mass is 35.5. The number of carbonyl (C=O) groups is 1. The van der Waals surface area contributed by atoms with Crippen molar-refractivity contribution in [2.45, 2.75) is 0 Å². The Bertz CT molecular complexity index is 581. The Morgan fingerprint density at radius 3 is 2.89 bits per heavy atom. The van der Waals surface area contributed by atoms with Gasteiger partial charge in [-0.1, -0.05) is 17.7 Å². The molecule has 0 spiro atoms. The highest BCUT2D eigenvalue weighted by Crippen LogP contribution is 2.19. The van der Waals surface area contributed by atoms with Gasteiger partial charge < -0.3 is 5.32 Å². The van der Waals surface area contributed by atoms with Crippen molar-refractivity contribution in [1.82, 2.24) is 0 Å². The van der Waals surface area contributed by atoms with Crippen molar-refractivity contribution in [1.29, 1.82) is 0 Å². The summed E-state index contributed by atoms with van der Waals surface area (Å²) < 4.78 is 12.9. The molecular weight excluding hydrogens is 273 g/mol. The van der Waals surface area contributed by atoms with Crippen LogP contribution in [-0.4, -0.2) is 5.91 Å². The second-order valence-corrected chi connectivity index (χ2v) is 4.85. The Kier molecular flexibility index (Phi) is 4.12. The van der Waals surface area contributed by atoms with Crippen LogP contribution in [0, 0.1) is 5.82 Å². The zero-order chi connectivity index (χ0) is 13.0. The number of benzene rings is 1. The van der Waals surface area contributed by atoms with Gasteiger partial charge in [-0.2, -0.15) is 0 Å². The van der Waals surface area contributed by atoms with E-state index < -0.39 is 5.82 Å². The normalized spacial score (nSPS) is 10.8. The number of anilines is 1. The molecule has 0 radical (unpaired) electrons. The third-order valence-corrected chi connectivity index (χ3v) is 3.26. The molecule has 2 rings (SSSR count). The summed E-state index contributed by atoms with van der Waals surface area (Å²) in [6.07, 6.45) is 3.13. The number of amides is 1. The van der Waals surface area contributed by atoms with Crippen molar-refractivity contribution < 1.29 is 9.18 Å². The quantitative estimate of drug-likeness (QED) is 0.840. The van der Waals surface area contributed by atoms with Gasteiger partial charge in [0.25, 0.3) is 0 Å². The summed E-state index contributed by atoms with van der Waals surface area (Å²) in [6.45, 7) is 0. The summed E-state index contributed by atoms with van der Waals surface area (Å²) in [6, 6.07) is 7.85. The molecule has 18 heavy (non-hydrogen) atoms. The molecule has 0 aliphatic carbocycles. The third kappa shape index (κ3) is 3.42. The minimum atomic E-state index is -0.510. The van der Waals surface area contributed by atoms with E-state index >= 15 is 0 Å². The first-order valence-electron chi connectivity index (χ1n) is 5.13. The van der Waals surface area contributed by atoms with E-state index in [1.54, 1.807) is 6.08 Å². The van der Waals surface area contributed by atoms with E-state index in [9.17, 15) is 9.18 Å². The molecule has 0 bridgehead atoms. The molecule has 0 saturated carbocycles. The van der Waals surface area contributed by atoms with E-state index in [4.69, 9.17) is 11.6 Å². The van der Waals surface area contributed by atoms with E-state index in [0.29, 0.717) is 5.69 Å². The molecule has 1 N–H and O–H groups in total. The third-order valence-electron chi connectivity index (χ3n) is 2.13. The van der Waals surface area contributed by atoms with Crippen molar-refractivity contribution in [3.63, 3.8) is 0 Å². The molecule has 2 nitrogen and oxygen atoms in total. The number of nitrogens with one attached hydrogen (secondary N) is 1. The summed E-state index contributed by atoms with van der Waals surface area (Å²) in [7, 11) is 0. The lowest BCUT2D eigenvalue weighted by atomic mass is 10.3. The van der Waals surface area contributed by atoms with Crippen molar-refractivity contribution in [3.05, 3.63) is 57.5 Å². The van der Waals surface area contributed by atoms with Gasteiger partial charge in [0.05, 0.1) is 5.02 Å². The predicted octanol–water partition coefficient (Wildman–Crippen LogP) is 4.19. The Hall–Kier alpha value is -1.65. The summed E-state index contributed by atoms with van der Waals surface area (Å²) in [5.41, 5.74) is 0.460. The molecule has 1 aromatic heterocycles. The Morgan fingerprint density at radius 2 is 2.22 bits per heavy atom. The lowest BCUT2D eigenvalue weighted by Crippen LogP contribution is -2.07. The first kappa shape index (κ1) is 12.8. The summed E-state index contributed by atoms with van der Waals surface area (Å²) in [5.74, 6) is -0.796. The summed E-state index contributed by atoms with van der Waals surface area (Å²) in [4.78, 5) is 12.6. The SMILES string of the molecule is O=C(C=Cc1cccs1)Nc1ccc(F)c(Cl)c1. The van der Waals surface area contributed by atoms with Crippen molar-refractivity contribution in [2.24, 2.45) is 0 Å². The largest absolute Gasteiger partial charge is 0.322 e. The first-order valence-corrected chi connectivity index (χ1v) is 6.38. The molecule has 2 aromatic rings. The average Bonchev–Trinajstić information content (AvgIpc) is 2.84. The second-order valence-electron chi connectivity index (χ2n) is 3.47. The first-order chi connectivity index (χ1) is 8.65. The average molecular weight is 282 g/mol. The minimum absolute atomic E-state index is 0.0185. The number of hydrogen-bond acceptors (Lipinski definition) is 2. The van der Waals surface area contributed by atoms with Crippen molar-refractivity contribution in [3.8, 4) is 0 Å². The van der Waals surface area contributed by atoms with E-state index in [-0.39, 0.29) is 10.9 Å². The van der Waals surface area contributed by atoms with Crippen LogP contribution in [-0.2, 0) is 4.79 Å². The van der Waals surface area contributed by atoms with Crippen molar-refractivity contribution in [2.75, 3.05) is 5.32 Å². The fourth-order valence-electron chi connectivity index (χ4n) is 1.30. The molecule has 92 valence electrons. The van der Waals surface area contributed by atoms with Crippen LogP contribution in [0.1, 0.15) is 4.88 Å². The Balaban J connectivity index is 2.01. The standard InChI is InChI=1S/C13H9ClFNOS/c14-11-8-9(3-5-12(11)15)16-13(17)6-4-10-2-1-7-18-10/h1-8H,(H,16,17). The van der Waals surface area contributed by atoms with Crippen LogP contribution in [0.2, 0.25) is 5.02 Å². The maximum Gasteiger partial charge on any atom is 0.248 e. The van der Waals surface area contributed by atoms with E-state index in [2.05, 4.69) is 5.32 Å². The lowest BCUT2D eigenvalue weighted by Gasteiger charge is -2.02. The topological polar surface area (TPSA) is 29.1 Å². The minimum Gasteiger partial charge on any atom is -0.322 e. The van der Waals surface area contributed by atoms with Crippen LogP contribution in [0.5, 0.6) is 0 Å². The molecule has 0 fully saturated rings. The maximum absolute atomic E-state index is 12.9. The molecule has 1 amide bonds. The van der Waals surface area contributed by atoms with Crippen molar-refractivity contribution >= 4 is 40.6 Å². The molecular formula is C13H9ClFNOS. The zero-order valence-corrected chi connectivity index (χ0v) is 10.8. The van der Waals surface area contributed by atoms with Gasteiger partial charge in [0, 0.05) is 16.6 Å². The van der Waals surface area contributed by atoms with E-state index in [1.165, 1.54) is 35.6 Å². The number of thiophene rings is 1. The van der Waals surface area contributed by atoms with Gasteiger partial charge in [-0.15, -0.1) is 11.3 Å². The van der Waals surface area contributed by atoms with Gasteiger partial charge in [0.2, 0.25) is 5.91 Å². The monoisotopic (exact) mass is 281 g/mol.